The molecule has 0 aliphatic carbocycles. The molecule has 96 valence electrons. The zero-order valence-corrected chi connectivity index (χ0v) is 12.3. The van der Waals surface area contributed by atoms with Gasteiger partial charge < -0.3 is 4.57 Å². The first-order valence-corrected chi connectivity index (χ1v) is 7.96. The quantitative estimate of drug-likeness (QED) is 0.763. The summed E-state index contributed by atoms with van der Waals surface area (Å²) in [5.74, 6) is 3.44. The molecule has 1 fully saturated rings. The highest BCUT2D eigenvalue weighted by Crippen LogP contribution is 2.35. The van der Waals surface area contributed by atoms with Crippen LogP contribution < -0.4 is 0 Å². The Hall–Kier alpha value is -0.670. The molecule has 1 aromatic carbocycles. The van der Waals surface area contributed by atoms with E-state index in [4.69, 9.17) is 16.6 Å². The average molecular weight is 281 g/mol. The highest BCUT2D eigenvalue weighted by molar-refractivity contribution is 7.99. The molecule has 0 spiro atoms. The zero-order valence-electron chi connectivity index (χ0n) is 10.7. The Morgan fingerprint density at radius 2 is 2.33 bits per heavy atom. The van der Waals surface area contributed by atoms with Crippen molar-refractivity contribution in [3.8, 4) is 0 Å². The first-order valence-electron chi connectivity index (χ1n) is 6.37. The highest BCUT2D eigenvalue weighted by Gasteiger charge is 2.24. The molecule has 0 amide bonds. The Balaban J connectivity index is 2.22. The lowest BCUT2D eigenvalue weighted by Gasteiger charge is -2.17. The summed E-state index contributed by atoms with van der Waals surface area (Å²) in [6, 6.07) is 7.00. The molecule has 3 rings (SSSR count). The van der Waals surface area contributed by atoms with E-state index >= 15 is 0 Å². The molecule has 18 heavy (non-hydrogen) atoms. The van der Waals surface area contributed by atoms with Gasteiger partial charge in [-0.2, -0.15) is 11.8 Å². The summed E-state index contributed by atoms with van der Waals surface area (Å²) in [4.78, 5) is 4.72. The standard InChI is InChI=1S/C14H17ClN2S/c1-9-3-4-12-13(7-9)17(11-5-6-18-8-11)14(16-12)10(2)15/h3-4,7,10-11H,5-6,8H2,1-2H3. The van der Waals surface area contributed by atoms with Gasteiger partial charge in [0.2, 0.25) is 0 Å². The molecule has 2 heterocycles. The van der Waals surface area contributed by atoms with Gasteiger partial charge in [-0.25, -0.2) is 4.98 Å². The maximum absolute atomic E-state index is 6.31. The second kappa shape index (κ2) is 4.78. The third-order valence-corrected chi connectivity index (χ3v) is 4.84. The number of hydrogen-bond acceptors (Lipinski definition) is 2. The van der Waals surface area contributed by atoms with Crippen molar-refractivity contribution in [2.24, 2.45) is 0 Å². The van der Waals surface area contributed by atoms with E-state index < -0.39 is 0 Å². The van der Waals surface area contributed by atoms with Gasteiger partial charge in [-0.3, -0.25) is 0 Å². The largest absolute Gasteiger partial charge is 0.323 e. The van der Waals surface area contributed by atoms with Crippen molar-refractivity contribution in [1.82, 2.24) is 9.55 Å². The van der Waals surface area contributed by atoms with Gasteiger partial charge >= 0.3 is 0 Å². The highest BCUT2D eigenvalue weighted by atomic mass is 35.5. The van der Waals surface area contributed by atoms with Crippen LogP contribution in [0.5, 0.6) is 0 Å². The minimum Gasteiger partial charge on any atom is -0.323 e. The Labute approximate surface area is 117 Å². The van der Waals surface area contributed by atoms with Crippen molar-refractivity contribution in [3.05, 3.63) is 29.6 Å². The summed E-state index contributed by atoms with van der Waals surface area (Å²) in [6.45, 7) is 4.14. The van der Waals surface area contributed by atoms with E-state index in [1.807, 2.05) is 18.7 Å². The molecule has 2 aromatic rings. The Morgan fingerprint density at radius 3 is 3.00 bits per heavy atom. The third kappa shape index (κ3) is 2.04. The van der Waals surface area contributed by atoms with Gasteiger partial charge in [0.25, 0.3) is 0 Å². The van der Waals surface area contributed by atoms with Gasteiger partial charge in [-0.05, 0) is 43.7 Å². The SMILES string of the molecule is Cc1ccc2nc(C(C)Cl)n(C3CCSC3)c2c1. The normalized spacial score (nSPS) is 21.6. The van der Waals surface area contributed by atoms with Crippen molar-refractivity contribution in [2.75, 3.05) is 11.5 Å². The third-order valence-electron chi connectivity index (χ3n) is 3.50. The molecule has 4 heteroatoms. The van der Waals surface area contributed by atoms with Crippen LogP contribution in [-0.4, -0.2) is 21.1 Å². The summed E-state index contributed by atoms with van der Waals surface area (Å²) >= 11 is 8.33. The van der Waals surface area contributed by atoms with Crippen LogP contribution in [0.25, 0.3) is 11.0 Å². The summed E-state index contributed by atoms with van der Waals surface area (Å²) in [5.41, 5.74) is 3.59. The van der Waals surface area contributed by atoms with Crippen molar-refractivity contribution < 1.29 is 0 Å². The number of imidazole rings is 1. The fourth-order valence-corrected chi connectivity index (χ4v) is 3.96. The van der Waals surface area contributed by atoms with E-state index in [1.54, 1.807) is 0 Å². The second-order valence-electron chi connectivity index (χ2n) is 4.97. The molecule has 2 atom stereocenters. The van der Waals surface area contributed by atoms with Crippen molar-refractivity contribution >= 4 is 34.4 Å². The molecule has 1 aliphatic rings. The van der Waals surface area contributed by atoms with Crippen LogP contribution in [0.15, 0.2) is 18.2 Å². The number of rotatable bonds is 2. The van der Waals surface area contributed by atoms with E-state index in [-0.39, 0.29) is 5.38 Å². The molecule has 2 nitrogen and oxygen atoms in total. The van der Waals surface area contributed by atoms with Gasteiger partial charge in [0.05, 0.1) is 16.4 Å². The van der Waals surface area contributed by atoms with Gasteiger partial charge in [0.15, 0.2) is 0 Å². The summed E-state index contributed by atoms with van der Waals surface area (Å²) < 4.78 is 2.38. The number of aromatic nitrogens is 2. The topological polar surface area (TPSA) is 17.8 Å². The van der Waals surface area contributed by atoms with Crippen LogP contribution >= 0.6 is 23.4 Å². The van der Waals surface area contributed by atoms with Gasteiger partial charge in [0.1, 0.15) is 5.82 Å². The van der Waals surface area contributed by atoms with Gasteiger partial charge in [0, 0.05) is 11.8 Å². The fraction of sp³-hybridized carbons (Fsp3) is 0.500. The lowest BCUT2D eigenvalue weighted by molar-refractivity contribution is 0.549. The number of aryl methyl sites for hydroxylation is 1. The van der Waals surface area contributed by atoms with Crippen LogP contribution in [0.1, 0.15) is 36.2 Å². The second-order valence-corrected chi connectivity index (χ2v) is 6.77. The first kappa shape index (κ1) is 12.4. The van der Waals surface area contributed by atoms with Crippen molar-refractivity contribution in [2.45, 2.75) is 31.7 Å². The zero-order chi connectivity index (χ0) is 12.7. The van der Waals surface area contributed by atoms with Crippen LogP contribution in [0.2, 0.25) is 0 Å². The molecule has 0 saturated carbocycles. The molecule has 0 N–H and O–H groups in total. The lowest BCUT2D eigenvalue weighted by atomic mass is 10.2. The summed E-state index contributed by atoms with van der Waals surface area (Å²) in [6.07, 6.45) is 1.22. The number of hydrogen-bond donors (Lipinski definition) is 0. The number of nitrogens with zero attached hydrogens (tertiary/aromatic N) is 2. The number of benzene rings is 1. The van der Waals surface area contributed by atoms with Crippen molar-refractivity contribution in [1.29, 1.82) is 0 Å². The monoisotopic (exact) mass is 280 g/mol. The molecular formula is C14H17ClN2S. The molecule has 1 saturated heterocycles. The number of thioether (sulfide) groups is 1. The molecule has 0 bridgehead atoms. The lowest BCUT2D eigenvalue weighted by Crippen LogP contribution is -2.12. The Bertz CT molecular complexity index is 570. The Morgan fingerprint density at radius 1 is 1.50 bits per heavy atom. The molecule has 1 aliphatic heterocycles. The van der Waals surface area contributed by atoms with E-state index in [9.17, 15) is 0 Å². The smallest absolute Gasteiger partial charge is 0.127 e. The number of halogens is 1. The van der Waals surface area contributed by atoms with Crippen LogP contribution in [0.4, 0.5) is 0 Å². The minimum absolute atomic E-state index is 0.0386. The van der Waals surface area contributed by atoms with E-state index in [0.717, 1.165) is 11.3 Å². The fourth-order valence-electron chi connectivity index (χ4n) is 2.61. The Kier molecular flexibility index (Phi) is 3.29. The van der Waals surface area contributed by atoms with Crippen LogP contribution in [-0.2, 0) is 0 Å². The van der Waals surface area contributed by atoms with E-state index in [0.29, 0.717) is 6.04 Å². The molecular weight excluding hydrogens is 264 g/mol. The average Bonchev–Trinajstić information content (AvgIpc) is 2.93. The number of alkyl halides is 1. The maximum Gasteiger partial charge on any atom is 0.127 e. The van der Waals surface area contributed by atoms with Crippen LogP contribution in [0.3, 0.4) is 0 Å². The number of fused-ring (bicyclic) bond motifs is 1. The first-order chi connectivity index (χ1) is 8.66. The van der Waals surface area contributed by atoms with Crippen molar-refractivity contribution in [3.63, 3.8) is 0 Å². The molecule has 1 aromatic heterocycles. The predicted molar refractivity (Wildman–Crippen MR) is 79.7 cm³/mol. The predicted octanol–water partition coefficient (Wildman–Crippen LogP) is 4.32. The molecule has 2 unspecified atom stereocenters. The summed E-state index contributed by atoms with van der Waals surface area (Å²) in [7, 11) is 0. The van der Waals surface area contributed by atoms with Crippen LogP contribution in [0, 0.1) is 6.92 Å². The van der Waals surface area contributed by atoms with Gasteiger partial charge in [-0.15, -0.1) is 11.6 Å². The molecule has 0 radical (unpaired) electrons. The maximum atomic E-state index is 6.31. The minimum atomic E-state index is -0.0386. The van der Waals surface area contributed by atoms with E-state index in [2.05, 4.69) is 29.7 Å². The summed E-state index contributed by atoms with van der Waals surface area (Å²) in [5, 5.41) is -0.0386. The van der Waals surface area contributed by atoms with E-state index in [1.165, 1.54) is 29.0 Å². The van der Waals surface area contributed by atoms with Gasteiger partial charge in [-0.1, -0.05) is 6.07 Å².